The van der Waals surface area contributed by atoms with Crippen molar-refractivity contribution in [3.63, 3.8) is 0 Å². The summed E-state index contributed by atoms with van der Waals surface area (Å²) in [5.74, 6) is -3.03. The largest absolute Gasteiger partial charge is 0.289 e. The van der Waals surface area contributed by atoms with E-state index >= 15 is 0 Å². The van der Waals surface area contributed by atoms with Gasteiger partial charge in [-0.2, -0.15) is 0 Å². The van der Waals surface area contributed by atoms with Gasteiger partial charge in [0, 0.05) is 5.03 Å². The molecule has 0 amide bonds. The zero-order valence-electron chi connectivity index (χ0n) is 6.40. The van der Waals surface area contributed by atoms with Gasteiger partial charge in [0.05, 0.1) is 6.16 Å². The van der Waals surface area contributed by atoms with E-state index in [-0.39, 0.29) is 6.16 Å². The molecule has 0 radical (unpaired) electrons. The first kappa shape index (κ1) is 11.8. The third-order valence-electron chi connectivity index (χ3n) is 1.32. The molecule has 11 heavy (non-hydrogen) atoms. The molecule has 66 valence electrons. The minimum Gasteiger partial charge on any atom is -0.289 e. The lowest BCUT2D eigenvalue weighted by Crippen LogP contribution is -1.84. The smallest absolute Gasteiger partial charge is 0.258 e. The Kier molecular flexibility index (Phi) is 5.13. The standard InChI is InChI=1S/C6H10Cl3OP/c1-3-5(2)6(7)4-11(8,9)10/h3-4H2,1-2H3/b6-5-. The Labute approximate surface area is 81.7 Å². The summed E-state index contributed by atoms with van der Waals surface area (Å²) < 4.78 is 10.9. The molecule has 0 heterocycles. The Hall–Kier alpha value is 0.840. The molecule has 5 heteroatoms. The van der Waals surface area contributed by atoms with E-state index < -0.39 is 5.85 Å². The van der Waals surface area contributed by atoms with Crippen LogP contribution in [0.15, 0.2) is 10.6 Å². The normalized spacial score (nSPS) is 14.6. The lowest BCUT2D eigenvalue weighted by atomic mass is 10.2. The Bertz CT molecular complexity index is 206. The molecule has 0 aliphatic heterocycles. The first-order chi connectivity index (χ1) is 4.87. The SMILES string of the molecule is CC/C(C)=C(\Cl)CP(=O)(Cl)Cl. The van der Waals surface area contributed by atoms with E-state index in [1.807, 2.05) is 13.8 Å². The molecule has 0 saturated carbocycles. The quantitative estimate of drug-likeness (QED) is 0.654. The zero-order valence-corrected chi connectivity index (χ0v) is 9.57. The second-order valence-corrected chi connectivity index (χ2v) is 7.98. The van der Waals surface area contributed by atoms with Gasteiger partial charge in [-0.1, -0.05) is 24.1 Å². The molecule has 0 saturated heterocycles. The third-order valence-corrected chi connectivity index (χ3v) is 3.36. The predicted octanol–water partition coefficient (Wildman–Crippen LogP) is 4.58. The van der Waals surface area contributed by atoms with Crippen molar-refractivity contribution in [1.29, 1.82) is 0 Å². The summed E-state index contributed by atoms with van der Waals surface area (Å²) >= 11 is 16.4. The van der Waals surface area contributed by atoms with Crippen molar-refractivity contribution < 1.29 is 4.57 Å². The van der Waals surface area contributed by atoms with Gasteiger partial charge in [-0.3, -0.25) is 4.57 Å². The van der Waals surface area contributed by atoms with E-state index in [1.165, 1.54) is 0 Å². The molecule has 0 aromatic carbocycles. The summed E-state index contributed by atoms with van der Waals surface area (Å²) in [5.41, 5.74) is 0.980. The zero-order chi connectivity index (χ0) is 9.07. The van der Waals surface area contributed by atoms with Gasteiger partial charge in [0.15, 0.2) is 0 Å². The summed E-state index contributed by atoms with van der Waals surface area (Å²) in [6, 6.07) is 0. The van der Waals surface area contributed by atoms with Gasteiger partial charge in [-0.25, -0.2) is 0 Å². The molecule has 0 atom stereocenters. The second kappa shape index (κ2) is 4.77. The summed E-state index contributed by atoms with van der Waals surface area (Å²) in [6.45, 7) is 3.83. The van der Waals surface area contributed by atoms with Crippen molar-refractivity contribution in [2.75, 3.05) is 6.16 Å². The lowest BCUT2D eigenvalue weighted by molar-refractivity contribution is 0.594. The fourth-order valence-corrected chi connectivity index (χ4v) is 2.80. The van der Waals surface area contributed by atoms with Gasteiger partial charge in [-0.15, -0.1) is 0 Å². The predicted molar refractivity (Wildman–Crippen MR) is 53.0 cm³/mol. The van der Waals surface area contributed by atoms with E-state index in [1.54, 1.807) is 0 Å². The van der Waals surface area contributed by atoms with Crippen molar-refractivity contribution in [3.05, 3.63) is 10.6 Å². The number of hydrogen-bond acceptors (Lipinski definition) is 1. The summed E-state index contributed by atoms with van der Waals surface area (Å²) in [5, 5.41) is 0.515. The average Bonchev–Trinajstić information content (AvgIpc) is 1.82. The first-order valence-corrected chi connectivity index (χ1v) is 7.27. The maximum atomic E-state index is 10.9. The van der Waals surface area contributed by atoms with E-state index in [0.717, 1.165) is 12.0 Å². The summed E-state index contributed by atoms with van der Waals surface area (Å²) in [7, 11) is 0. The van der Waals surface area contributed by atoms with Crippen molar-refractivity contribution in [2.24, 2.45) is 0 Å². The maximum absolute atomic E-state index is 10.9. The van der Waals surface area contributed by atoms with Crippen LogP contribution in [-0.2, 0) is 4.57 Å². The first-order valence-electron chi connectivity index (χ1n) is 3.19. The molecule has 0 aromatic heterocycles. The molecule has 0 aliphatic carbocycles. The van der Waals surface area contributed by atoms with Crippen molar-refractivity contribution >= 4 is 39.9 Å². The monoisotopic (exact) mass is 234 g/mol. The van der Waals surface area contributed by atoms with Crippen LogP contribution in [0.25, 0.3) is 0 Å². The molecule has 0 aromatic rings. The molecule has 0 N–H and O–H groups in total. The summed E-state index contributed by atoms with van der Waals surface area (Å²) in [4.78, 5) is 0. The van der Waals surface area contributed by atoms with Crippen molar-refractivity contribution in [3.8, 4) is 0 Å². The molecular weight excluding hydrogens is 225 g/mol. The molecule has 0 bridgehead atoms. The number of halogens is 3. The lowest BCUT2D eigenvalue weighted by Gasteiger charge is -2.03. The van der Waals surface area contributed by atoms with Crippen LogP contribution in [0.3, 0.4) is 0 Å². The average molecular weight is 235 g/mol. The van der Waals surface area contributed by atoms with E-state index in [2.05, 4.69) is 0 Å². The minimum atomic E-state index is -3.03. The van der Waals surface area contributed by atoms with Gasteiger partial charge in [0.2, 0.25) is 0 Å². The molecule has 0 fully saturated rings. The fraction of sp³-hybridized carbons (Fsp3) is 0.667. The Morgan fingerprint density at radius 3 is 2.18 bits per heavy atom. The van der Waals surface area contributed by atoms with Crippen LogP contribution in [0.1, 0.15) is 20.3 Å². The van der Waals surface area contributed by atoms with Gasteiger partial charge < -0.3 is 0 Å². The number of rotatable bonds is 3. The van der Waals surface area contributed by atoms with E-state index in [4.69, 9.17) is 34.1 Å². The van der Waals surface area contributed by atoms with Crippen LogP contribution in [-0.4, -0.2) is 6.16 Å². The number of hydrogen-bond donors (Lipinski definition) is 0. The highest BCUT2D eigenvalue weighted by Crippen LogP contribution is 2.58. The Morgan fingerprint density at radius 2 is 1.91 bits per heavy atom. The molecule has 0 rings (SSSR count). The van der Waals surface area contributed by atoms with Crippen LogP contribution < -0.4 is 0 Å². The Balaban J connectivity index is 4.29. The van der Waals surface area contributed by atoms with E-state index in [9.17, 15) is 4.57 Å². The molecular formula is C6H10Cl3OP. The van der Waals surface area contributed by atoms with Crippen LogP contribution in [0.5, 0.6) is 0 Å². The van der Waals surface area contributed by atoms with Gasteiger partial charge in [-0.05, 0) is 35.8 Å². The Morgan fingerprint density at radius 1 is 1.45 bits per heavy atom. The topological polar surface area (TPSA) is 17.1 Å². The molecule has 0 unspecified atom stereocenters. The molecule has 0 aliphatic rings. The van der Waals surface area contributed by atoms with Gasteiger partial charge >= 0.3 is 0 Å². The highest BCUT2D eigenvalue weighted by molar-refractivity contribution is 8.08. The highest BCUT2D eigenvalue weighted by atomic mass is 35.9. The summed E-state index contributed by atoms with van der Waals surface area (Å²) in [6.07, 6.45) is 0.907. The van der Waals surface area contributed by atoms with Gasteiger partial charge in [0.25, 0.3) is 5.85 Å². The van der Waals surface area contributed by atoms with E-state index in [0.29, 0.717) is 5.03 Å². The van der Waals surface area contributed by atoms with Crippen LogP contribution in [0, 0.1) is 0 Å². The van der Waals surface area contributed by atoms with Crippen molar-refractivity contribution in [1.82, 2.24) is 0 Å². The number of allylic oxidation sites excluding steroid dienone is 2. The maximum Gasteiger partial charge on any atom is 0.258 e. The van der Waals surface area contributed by atoms with Crippen LogP contribution >= 0.6 is 39.9 Å². The van der Waals surface area contributed by atoms with Gasteiger partial charge in [0.1, 0.15) is 0 Å². The third kappa shape index (κ3) is 6.04. The van der Waals surface area contributed by atoms with Crippen LogP contribution in [0.2, 0.25) is 0 Å². The molecule has 0 spiro atoms. The minimum absolute atomic E-state index is 0.0807. The second-order valence-electron chi connectivity index (χ2n) is 2.27. The molecule has 1 nitrogen and oxygen atoms in total. The van der Waals surface area contributed by atoms with Crippen molar-refractivity contribution in [2.45, 2.75) is 20.3 Å². The van der Waals surface area contributed by atoms with Crippen LogP contribution in [0.4, 0.5) is 0 Å². The fourth-order valence-electron chi connectivity index (χ4n) is 0.488. The highest BCUT2D eigenvalue weighted by Gasteiger charge is 2.16.